The van der Waals surface area contributed by atoms with Crippen LogP contribution in [0.5, 0.6) is 0 Å². The molecule has 2 aliphatic heterocycles. The number of amides is 1. The Balaban J connectivity index is 1.40. The lowest BCUT2D eigenvalue weighted by atomic mass is 9.76. The molecule has 160 valence electrons. The van der Waals surface area contributed by atoms with Crippen molar-refractivity contribution in [3.05, 3.63) is 88.4 Å². The minimum absolute atomic E-state index is 0.0727. The van der Waals surface area contributed by atoms with E-state index in [9.17, 15) is 9.59 Å². The average molecular weight is 417 g/mol. The largest absolute Gasteiger partial charge is 0.342 e. The van der Waals surface area contributed by atoms with E-state index in [0.29, 0.717) is 19.5 Å². The van der Waals surface area contributed by atoms with Crippen LogP contribution in [0.3, 0.4) is 0 Å². The monoisotopic (exact) mass is 416 g/mol. The molecule has 4 heterocycles. The van der Waals surface area contributed by atoms with E-state index in [1.807, 2.05) is 51.4 Å². The topological polar surface area (TPSA) is 60.1 Å². The van der Waals surface area contributed by atoms with E-state index in [1.54, 1.807) is 12.3 Å². The molecule has 5 rings (SSSR count). The second kappa shape index (κ2) is 8.17. The lowest BCUT2D eigenvalue weighted by Gasteiger charge is -2.47. The number of rotatable bonds is 5. The molecule has 1 aromatic carbocycles. The highest BCUT2D eigenvalue weighted by Gasteiger charge is 2.41. The maximum absolute atomic E-state index is 13.1. The molecule has 6 nitrogen and oxygen atoms in total. The Labute approximate surface area is 182 Å². The molecule has 2 aromatic heterocycles. The number of hydrogen-bond acceptors (Lipinski definition) is 3. The third-order valence-corrected chi connectivity index (χ3v) is 6.93. The van der Waals surface area contributed by atoms with Gasteiger partial charge < -0.3 is 14.0 Å². The summed E-state index contributed by atoms with van der Waals surface area (Å²) >= 11 is 0. The maximum Gasteiger partial charge on any atom is 0.251 e. The molecular weight excluding hydrogens is 388 g/mol. The van der Waals surface area contributed by atoms with Crippen molar-refractivity contribution in [3.8, 4) is 0 Å². The first-order valence-electron chi connectivity index (χ1n) is 11.1. The SMILES string of the molecule is Cc1nccn1CCC(=O)N1C[C@H]2C[C@@H](C1)[C@H](Cc1ccccc1)n1c2cccc1=O. The Bertz CT molecular complexity index is 1130. The van der Waals surface area contributed by atoms with Crippen molar-refractivity contribution in [3.63, 3.8) is 0 Å². The van der Waals surface area contributed by atoms with Gasteiger partial charge in [-0.3, -0.25) is 9.59 Å². The smallest absolute Gasteiger partial charge is 0.251 e. The molecule has 31 heavy (non-hydrogen) atoms. The van der Waals surface area contributed by atoms with Crippen LogP contribution in [0.15, 0.2) is 65.7 Å². The summed E-state index contributed by atoms with van der Waals surface area (Å²) in [5, 5.41) is 0. The zero-order valence-electron chi connectivity index (χ0n) is 17.9. The number of likely N-dealkylation sites (tertiary alicyclic amines) is 1. The van der Waals surface area contributed by atoms with E-state index in [4.69, 9.17) is 0 Å². The van der Waals surface area contributed by atoms with Crippen molar-refractivity contribution >= 4 is 5.91 Å². The summed E-state index contributed by atoms with van der Waals surface area (Å²) in [4.78, 5) is 32.2. The first kappa shape index (κ1) is 19.8. The average Bonchev–Trinajstić information content (AvgIpc) is 3.20. The van der Waals surface area contributed by atoms with E-state index in [2.05, 4.69) is 23.2 Å². The highest BCUT2D eigenvalue weighted by molar-refractivity contribution is 5.76. The molecule has 2 bridgehead atoms. The highest BCUT2D eigenvalue weighted by Crippen LogP contribution is 2.42. The predicted molar refractivity (Wildman–Crippen MR) is 119 cm³/mol. The minimum atomic E-state index is 0.0727. The number of aryl methyl sites for hydroxylation is 2. The molecular formula is C25H28N4O2. The summed E-state index contributed by atoms with van der Waals surface area (Å²) in [6.07, 6.45) is 6.01. The van der Waals surface area contributed by atoms with Gasteiger partial charge in [0.15, 0.2) is 0 Å². The molecule has 1 saturated heterocycles. The second-order valence-corrected chi connectivity index (χ2v) is 8.83. The number of piperidine rings is 1. The van der Waals surface area contributed by atoms with Crippen LogP contribution < -0.4 is 5.56 Å². The van der Waals surface area contributed by atoms with Gasteiger partial charge in [-0.15, -0.1) is 0 Å². The van der Waals surface area contributed by atoms with Gasteiger partial charge in [0, 0.05) is 62.2 Å². The normalized spacial score (nSPS) is 22.2. The van der Waals surface area contributed by atoms with Crippen molar-refractivity contribution in [2.45, 2.75) is 44.7 Å². The Hall–Kier alpha value is -3.15. The van der Waals surface area contributed by atoms with E-state index in [-0.39, 0.29) is 29.3 Å². The van der Waals surface area contributed by atoms with Gasteiger partial charge in [-0.1, -0.05) is 36.4 Å². The van der Waals surface area contributed by atoms with Crippen LogP contribution in [-0.2, 0) is 17.8 Å². The Morgan fingerprint density at radius 2 is 1.94 bits per heavy atom. The minimum Gasteiger partial charge on any atom is -0.342 e. The molecule has 3 atom stereocenters. The van der Waals surface area contributed by atoms with Crippen LogP contribution in [0.1, 0.15) is 41.9 Å². The number of hydrogen-bond donors (Lipinski definition) is 0. The zero-order chi connectivity index (χ0) is 21.4. The number of benzene rings is 1. The third-order valence-electron chi connectivity index (χ3n) is 6.93. The molecule has 2 aliphatic rings. The summed E-state index contributed by atoms with van der Waals surface area (Å²) in [6, 6.07) is 16.0. The first-order valence-corrected chi connectivity index (χ1v) is 11.1. The van der Waals surface area contributed by atoms with Crippen molar-refractivity contribution in [2.24, 2.45) is 5.92 Å². The maximum atomic E-state index is 13.1. The summed E-state index contributed by atoms with van der Waals surface area (Å²) in [6.45, 7) is 4.02. The number of imidazole rings is 1. The molecule has 0 saturated carbocycles. The fourth-order valence-electron chi connectivity index (χ4n) is 5.38. The van der Waals surface area contributed by atoms with E-state index >= 15 is 0 Å². The standard InChI is InChI=1S/C25H28N4O2/c1-18-26-11-13-27(18)12-10-24(30)28-16-20-15-21(17-28)23(14-19-6-3-2-4-7-19)29-22(20)8-5-9-25(29)31/h2-9,11,13,20-21,23H,10,12,14-17H2,1H3/t20-,21+,23+/m1/s1. The van der Waals surface area contributed by atoms with Gasteiger partial charge in [0.1, 0.15) is 5.82 Å². The predicted octanol–water partition coefficient (Wildman–Crippen LogP) is 3.17. The number of fused-ring (bicyclic) bond motifs is 4. The molecule has 6 heteroatoms. The molecule has 1 amide bonds. The quantitative estimate of drug-likeness (QED) is 0.642. The first-order chi connectivity index (χ1) is 15.1. The Morgan fingerprint density at radius 3 is 2.71 bits per heavy atom. The fourth-order valence-corrected chi connectivity index (χ4v) is 5.38. The number of pyridine rings is 1. The van der Waals surface area contributed by atoms with Crippen molar-refractivity contribution in [2.75, 3.05) is 13.1 Å². The second-order valence-electron chi connectivity index (χ2n) is 8.83. The van der Waals surface area contributed by atoms with Crippen molar-refractivity contribution in [1.82, 2.24) is 19.0 Å². The third kappa shape index (κ3) is 3.82. The Morgan fingerprint density at radius 1 is 1.10 bits per heavy atom. The van der Waals surface area contributed by atoms with Gasteiger partial charge in [-0.25, -0.2) is 4.98 Å². The van der Waals surface area contributed by atoms with E-state index in [0.717, 1.165) is 30.9 Å². The van der Waals surface area contributed by atoms with E-state index in [1.165, 1.54) is 5.56 Å². The summed E-state index contributed by atoms with van der Waals surface area (Å²) in [5.41, 5.74) is 2.38. The van der Waals surface area contributed by atoms with Gasteiger partial charge >= 0.3 is 0 Å². The van der Waals surface area contributed by atoms with Crippen LogP contribution in [0.2, 0.25) is 0 Å². The summed E-state index contributed by atoms with van der Waals surface area (Å²) in [7, 11) is 0. The molecule has 0 aliphatic carbocycles. The molecule has 0 radical (unpaired) electrons. The van der Waals surface area contributed by atoms with Crippen LogP contribution in [0.4, 0.5) is 0 Å². The number of nitrogens with zero attached hydrogens (tertiary/aromatic N) is 4. The van der Waals surface area contributed by atoms with Gasteiger partial charge in [0.25, 0.3) is 5.56 Å². The van der Waals surface area contributed by atoms with Gasteiger partial charge in [0.05, 0.1) is 0 Å². The van der Waals surface area contributed by atoms with Gasteiger partial charge in [0.2, 0.25) is 5.91 Å². The van der Waals surface area contributed by atoms with Crippen LogP contribution in [0, 0.1) is 12.8 Å². The van der Waals surface area contributed by atoms with Crippen molar-refractivity contribution < 1.29 is 4.79 Å². The van der Waals surface area contributed by atoms with Crippen LogP contribution in [0.25, 0.3) is 0 Å². The zero-order valence-corrected chi connectivity index (χ0v) is 17.9. The summed E-state index contributed by atoms with van der Waals surface area (Å²) < 4.78 is 4.04. The Kier molecular flexibility index (Phi) is 5.22. The van der Waals surface area contributed by atoms with E-state index < -0.39 is 0 Å². The molecule has 0 spiro atoms. The molecule has 1 fully saturated rings. The van der Waals surface area contributed by atoms with Gasteiger partial charge in [-0.2, -0.15) is 0 Å². The number of carbonyl (C=O) groups is 1. The van der Waals surface area contributed by atoms with Crippen molar-refractivity contribution in [1.29, 1.82) is 0 Å². The summed E-state index contributed by atoms with van der Waals surface area (Å²) in [5.74, 6) is 1.62. The number of aromatic nitrogens is 3. The lowest BCUT2D eigenvalue weighted by molar-refractivity contribution is -0.134. The fraction of sp³-hybridized carbons (Fsp3) is 0.400. The molecule has 3 aromatic rings. The van der Waals surface area contributed by atoms with Gasteiger partial charge in [-0.05, 0) is 37.3 Å². The number of carbonyl (C=O) groups excluding carboxylic acids is 1. The van der Waals surface area contributed by atoms with Crippen LogP contribution >= 0.6 is 0 Å². The lowest BCUT2D eigenvalue weighted by Crippen LogP contribution is -2.51. The molecule has 0 N–H and O–H groups in total. The highest BCUT2D eigenvalue weighted by atomic mass is 16.2. The van der Waals surface area contributed by atoms with Crippen LogP contribution in [-0.4, -0.2) is 38.0 Å². The molecule has 0 unspecified atom stereocenters.